The van der Waals surface area contributed by atoms with Gasteiger partial charge in [0.2, 0.25) is 0 Å². The Morgan fingerprint density at radius 2 is 1.84 bits per heavy atom. The Balaban J connectivity index is 1.23. The number of anilines is 1. The Kier molecular flexibility index (Phi) is 8.33. The standard InChI is InChI=1S/C39H44ClF2N5O3/c1-23-16-24-8-5-6-9-28(24)29(17-23)32-31(40)18-30-34(33(32)42)43-36(49-22-39-13-7-14-46(39)20-25(41)19-39)44-35(30)45-15-12-26-10-11-27(21-45)47(26)37(48)50-38(2,3)4/h5-6,8-9,16-18,25-27H,7,10-15,19-22H2,1-4H3/t25-,26-,27+,39-/m1/s1. The Morgan fingerprint density at radius 3 is 2.66 bits per heavy atom. The number of carbonyl (C=O) groups excluding carboxylic acids is 1. The van der Waals surface area contributed by atoms with Crippen molar-refractivity contribution in [3.63, 3.8) is 0 Å². The van der Waals surface area contributed by atoms with Crippen molar-refractivity contribution in [2.45, 2.75) is 95.6 Å². The van der Waals surface area contributed by atoms with E-state index in [1.165, 1.54) is 0 Å². The summed E-state index contributed by atoms with van der Waals surface area (Å²) in [6, 6.07) is 13.7. The van der Waals surface area contributed by atoms with Crippen LogP contribution in [0.3, 0.4) is 0 Å². The third-order valence-electron chi connectivity index (χ3n) is 11.0. The molecule has 4 aliphatic heterocycles. The van der Waals surface area contributed by atoms with Crippen LogP contribution in [0.1, 0.15) is 64.9 Å². The van der Waals surface area contributed by atoms with Crippen molar-refractivity contribution in [1.29, 1.82) is 0 Å². The van der Waals surface area contributed by atoms with E-state index in [0.717, 1.165) is 48.6 Å². The predicted octanol–water partition coefficient (Wildman–Crippen LogP) is 8.48. The number of carbonyl (C=O) groups is 1. The molecule has 4 atom stereocenters. The third kappa shape index (κ3) is 5.92. The molecule has 2 bridgehead atoms. The number of hydrogen-bond acceptors (Lipinski definition) is 7. The van der Waals surface area contributed by atoms with Gasteiger partial charge in [0.25, 0.3) is 0 Å². The van der Waals surface area contributed by atoms with E-state index in [1.807, 2.05) is 62.9 Å². The molecule has 50 heavy (non-hydrogen) atoms. The number of nitrogens with zero attached hydrogens (tertiary/aromatic N) is 5. The average Bonchev–Trinajstić information content (AvgIpc) is 3.67. The van der Waals surface area contributed by atoms with Crippen molar-refractivity contribution in [1.82, 2.24) is 19.8 Å². The smallest absolute Gasteiger partial charge is 0.410 e. The molecule has 4 saturated heterocycles. The molecule has 0 unspecified atom stereocenters. The molecule has 4 aromatic rings. The zero-order valence-electron chi connectivity index (χ0n) is 29.1. The van der Waals surface area contributed by atoms with E-state index < -0.39 is 23.1 Å². The van der Waals surface area contributed by atoms with Crippen molar-refractivity contribution >= 4 is 45.2 Å². The minimum absolute atomic E-state index is 0.0358. The molecule has 0 saturated carbocycles. The van der Waals surface area contributed by atoms with E-state index in [-0.39, 0.29) is 46.9 Å². The Morgan fingerprint density at radius 1 is 1.04 bits per heavy atom. The van der Waals surface area contributed by atoms with E-state index in [0.29, 0.717) is 49.2 Å². The lowest BCUT2D eigenvalue weighted by molar-refractivity contribution is 0.0163. The number of benzene rings is 3. The summed E-state index contributed by atoms with van der Waals surface area (Å²) in [5.41, 5.74) is 1.04. The van der Waals surface area contributed by atoms with Gasteiger partial charge in [-0.25, -0.2) is 13.6 Å². The highest BCUT2D eigenvalue weighted by Crippen LogP contribution is 2.44. The number of aromatic nitrogens is 2. The van der Waals surface area contributed by atoms with Gasteiger partial charge in [0.1, 0.15) is 29.7 Å². The first-order valence-corrected chi connectivity index (χ1v) is 18.2. The Labute approximate surface area is 296 Å². The SMILES string of the molecule is Cc1cc(-c2c(Cl)cc3c(N4CC[C@H]5CC[C@@H](C4)N5C(=O)OC(C)(C)C)nc(OC[C@]45CCCN4C[C@H](F)C5)nc3c2F)c2ccccc2c1. The second-order valence-corrected chi connectivity index (χ2v) is 16.1. The van der Waals surface area contributed by atoms with Crippen LogP contribution in [0.2, 0.25) is 5.02 Å². The fourth-order valence-electron chi connectivity index (χ4n) is 8.91. The molecule has 1 amide bonds. The van der Waals surface area contributed by atoms with Gasteiger partial charge in [-0.05, 0) is 94.3 Å². The first-order chi connectivity index (χ1) is 23.9. The van der Waals surface area contributed by atoms with Crippen molar-refractivity contribution < 1.29 is 23.0 Å². The quantitative estimate of drug-likeness (QED) is 0.207. The third-order valence-corrected chi connectivity index (χ3v) is 11.3. The number of fused-ring (bicyclic) bond motifs is 5. The van der Waals surface area contributed by atoms with Crippen LogP contribution in [-0.4, -0.2) is 88.0 Å². The van der Waals surface area contributed by atoms with Gasteiger partial charge in [0, 0.05) is 43.0 Å². The van der Waals surface area contributed by atoms with Crippen LogP contribution < -0.4 is 9.64 Å². The second kappa shape index (κ2) is 12.5. The average molecular weight is 704 g/mol. The van der Waals surface area contributed by atoms with Gasteiger partial charge in [-0.1, -0.05) is 48.0 Å². The lowest BCUT2D eigenvalue weighted by Gasteiger charge is -2.32. The zero-order chi connectivity index (χ0) is 34.9. The largest absolute Gasteiger partial charge is 0.461 e. The fourth-order valence-corrected chi connectivity index (χ4v) is 9.20. The van der Waals surface area contributed by atoms with Gasteiger partial charge >= 0.3 is 12.1 Å². The summed E-state index contributed by atoms with van der Waals surface area (Å²) < 4.78 is 44.0. The summed E-state index contributed by atoms with van der Waals surface area (Å²) in [4.78, 5) is 29.2. The molecular formula is C39H44ClF2N5O3. The monoisotopic (exact) mass is 703 g/mol. The molecule has 11 heteroatoms. The lowest BCUT2D eigenvalue weighted by Crippen LogP contribution is -2.45. The van der Waals surface area contributed by atoms with E-state index in [9.17, 15) is 9.18 Å². The van der Waals surface area contributed by atoms with Crippen molar-refractivity contribution in [3.05, 3.63) is 58.9 Å². The number of alkyl halides is 1. The van der Waals surface area contributed by atoms with Gasteiger partial charge in [0.05, 0.1) is 16.6 Å². The summed E-state index contributed by atoms with van der Waals surface area (Å²) >= 11 is 7.03. The Bertz CT molecular complexity index is 1990. The van der Waals surface area contributed by atoms with E-state index in [2.05, 4.69) is 15.9 Å². The first-order valence-electron chi connectivity index (χ1n) is 17.9. The minimum Gasteiger partial charge on any atom is -0.461 e. The van der Waals surface area contributed by atoms with Crippen LogP contribution in [-0.2, 0) is 4.74 Å². The van der Waals surface area contributed by atoms with E-state index in [1.54, 1.807) is 6.07 Å². The van der Waals surface area contributed by atoms with Gasteiger partial charge in [-0.2, -0.15) is 9.97 Å². The maximum absolute atomic E-state index is 17.2. The van der Waals surface area contributed by atoms with Gasteiger partial charge in [0.15, 0.2) is 5.82 Å². The summed E-state index contributed by atoms with van der Waals surface area (Å²) in [7, 11) is 0. The molecule has 0 N–H and O–H groups in total. The predicted molar refractivity (Wildman–Crippen MR) is 192 cm³/mol. The van der Waals surface area contributed by atoms with Gasteiger partial charge in [-0.15, -0.1) is 0 Å². The van der Waals surface area contributed by atoms with Crippen molar-refractivity contribution in [3.8, 4) is 17.1 Å². The molecule has 8 rings (SSSR count). The van der Waals surface area contributed by atoms with Crippen LogP contribution in [0, 0.1) is 12.7 Å². The number of amides is 1. The lowest BCUT2D eigenvalue weighted by atomic mass is 9.94. The number of ether oxygens (including phenoxy) is 2. The number of aryl methyl sites for hydroxylation is 1. The Hall–Kier alpha value is -3.76. The minimum atomic E-state index is -0.904. The molecule has 0 aliphatic carbocycles. The zero-order valence-corrected chi connectivity index (χ0v) is 29.9. The summed E-state index contributed by atoms with van der Waals surface area (Å²) in [5, 5.41) is 2.61. The number of halogens is 3. The molecule has 1 aromatic heterocycles. The normalized spacial score (nSPS) is 25.4. The maximum atomic E-state index is 17.2. The number of rotatable bonds is 5. The van der Waals surface area contributed by atoms with Gasteiger partial charge in [-0.3, -0.25) is 4.90 Å². The molecule has 0 radical (unpaired) electrons. The molecule has 0 spiro atoms. The molecule has 4 fully saturated rings. The van der Waals surface area contributed by atoms with Crippen LogP contribution in [0.4, 0.5) is 19.4 Å². The molecule has 4 aliphatic rings. The summed E-state index contributed by atoms with van der Waals surface area (Å²) in [5.74, 6) is -0.0347. The highest BCUT2D eigenvalue weighted by Gasteiger charge is 2.49. The molecule has 264 valence electrons. The molecular weight excluding hydrogens is 660 g/mol. The molecule has 3 aromatic carbocycles. The second-order valence-electron chi connectivity index (χ2n) is 15.7. The van der Waals surface area contributed by atoms with Crippen LogP contribution in [0.25, 0.3) is 32.8 Å². The summed E-state index contributed by atoms with van der Waals surface area (Å²) in [6.45, 7) is 10.2. The highest BCUT2D eigenvalue weighted by atomic mass is 35.5. The topological polar surface area (TPSA) is 71.0 Å². The van der Waals surface area contributed by atoms with E-state index >= 15 is 4.39 Å². The van der Waals surface area contributed by atoms with Gasteiger partial charge < -0.3 is 19.3 Å². The van der Waals surface area contributed by atoms with Crippen LogP contribution in [0.5, 0.6) is 6.01 Å². The number of hydrogen-bond donors (Lipinski definition) is 0. The summed E-state index contributed by atoms with van der Waals surface area (Å²) in [6.07, 6.45) is 3.43. The van der Waals surface area contributed by atoms with Crippen molar-refractivity contribution in [2.75, 3.05) is 37.7 Å². The molecule has 5 heterocycles. The van der Waals surface area contributed by atoms with Crippen LogP contribution in [0.15, 0.2) is 42.5 Å². The van der Waals surface area contributed by atoms with Crippen molar-refractivity contribution in [2.24, 2.45) is 0 Å². The first kappa shape index (κ1) is 33.4. The molecule has 8 nitrogen and oxygen atoms in total. The fraction of sp³-hybridized carbons (Fsp3) is 0.513. The maximum Gasteiger partial charge on any atom is 0.410 e. The van der Waals surface area contributed by atoms with E-state index in [4.69, 9.17) is 31.0 Å². The highest BCUT2D eigenvalue weighted by molar-refractivity contribution is 6.35. The van der Waals surface area contributed by atoms with Crippen LogP contribution >= 0.6 is 11.6 Å².